The third-order valence-electron chi connectivity index (χ3n) is 5.31. The first-order chi connectivity index (χ1) is 15.1. The van der Waals surface area contributed by atoms with E-state index in [9.17, 15) is 4.79 Å². The molecule has 1 saturated heterocycles. The molecule has 8 heteroatoms. The second-order valence-electron chi connectivity index (χ2n) is 7.88. The minimum Gasteiger partial charge on any atom is -0.490 e. The van der Waals surface area contributed by atoms with Crippen molar-refractivity contribution in [1.82, 2.24) is 19.5 Å². The summed E-state index contributed by atoms with van der Waals surface area (Å²) in [5.41, 5.74) is 2.31. The Morgan fingerprint density at radius 2 is 1.87 bits per heavy atom. The van der Waals surface area contributed by atoms with Gasteiger partial charge in [-0.05, 0) is 38.1 Å². The maximum atomic E-state index is 12.9. The number of pyridine rings is 2. The molecule has 0 spiro atoms. The van der Waals surface area contributed by atoms with Crippen molar-refractivity contribution >= 4 is 22.1 Å². The summed E-state index contributed by atoms with van der Waals surface area (Å²) in [4.78, 5) is 24.5. The lowest BCUT2D eigenvalue weighted by atomic mass is 10.1. The van der Waals surface area contributed by atoms with Crippen molar-refractivity contribution in [2.75, 3.05) is 13.2 Å². The normalized spacial score (nSPS) is 15.1. The molecule has 0 unspecified atom stereocenters. The summed E-state index contributed by atoms with van der Waals surface area (Å²) in [6.45, 7) is 5.31. The largest absolute Gasteiger partial charge is 0.490 e. The molecule has 0 radical (unpaired) electrons. The van der Waals surface area contributed by atoms with Gasteiger partial charge in [0.2, 0.25) is 0 Å². The molecule has 1 fully saturated rings. The van der Waals surface area contributed by atoms with Crippen LogP contribution in [0.4, 0.5) is 0 Å². The van der Waals surface area contributed by atoms with Crippen molar-refractivity contribution in [2.24, 2.45) is 0 Å². The number of nitrogens with one attached hydrogen (secondary N) is 1. The standard InChI is InChI=1S/C23H24N4O4/c1-14(2)30-19-5-9-24-18-4-3-15(13-17(18)19)27-21-20(31-16-7-11-29-12-8-16)6-10-25-22(21)26-23(27)28/h3-6,9-10,13-14,16H,7-8,11-12H2,1-2H3,(H,25,26,28). The SMILES string of the molecule is CC(C)Oc1ccnc2ccc(-n3c(=O)[nH]c4nccc(OC5CCOCC5)c43)cc12. The lowest BCUT2D eigenvalue weighted by molar-refractivity contribution is 0.0260. The molecule has 4 aromatic rings. The molecule has 1 N–H and O–H groups in total. The first-order valence-electron chi connectivity index (χ1n) is 10.5. The Labute approximate surface area is 178 Å². The van der Waals surface area contributed by atoms with E-state index in [1.807, 2.05) is 38.1 Å². The van der Waals surface area contributed by atoms with Gasteiger partial charge in [0.1, 0.15) is 23.1 Å². The van der Waals surface area contributed by atoms with E-state index in [1.165, 1.54) is 0 Å². The zero-order valence-electron chi connectivity index (χ0n) is 17.5. The number of nitrogens with zero attached hydrogens (tertiary/aromatic N) is 3. The van der Waals surface area contributed by atoms with Crippen molar-refractivity contribution in [2.45, 2.75) is 38.9 Å². The summed E-state index contributed by atoms with van der Waals surface area (Å²) in [6.07, 6.45) is 5.07. The quantitative estimate of drug-likeness (QED) is 0.530. The van der Waals surface area contributed by atoms with E-state index >= 15 is 0 Å². The second kappa shape index (κ2) is 8.03. The van der Waals surface area contributed by atoms with Gasteiger partial charge in [-0.25, -0.2) is 9.78 Å². The Hall–Kier alpha value is -3.39. The van der Waals surface area contributed by atoms with Gasteiger partial charge in [-0.15, -0.1) is 0 Å². The summed E-state index contributed by atoms with van der Waals surface area (Å²) in [7, 11) is 0. The summed E-state index contributed by atoms with van der Waals surface area (Å²) in [5.74, 6) is 1.35. The Bertz CT molecular complexity index is 1290. The van der Waals surface area contributed by atoms with Crippen molar-refractivity contribution in [1.29, 1.82) is 0 Å². The second-order valence-corrected chi connectivity index (χ2v) is 7.88. The van der Waals surface area contributed by atoms with Gasteiger partial charge in [-0.1, -0.05) is 0 Å². The van der Waals surface area contributed by atoms with E-state index in [2.05, 4.69) is 15.0 Å². The molecule has 0 amide bonds. The van der Waals surface area contributed by atoms with Gasteiger partial charge in [0.25, 0.3) is 0 Å². The number of hydrogen-bond donors (Lipinski definition) is 1. The molecule has 31 heavy (non-hydrogen) atoms. The van der Waals surface area contributed by atoms with Gasteiger partial charge in [-0.2, -0.15) is 0 Å². The third-order valence-corrected chi connectivity index (χ3v) is 5.31. The number of aromatic amines is 1. The highest BCUT2D eigenvalue weighted by atomic mass is 16.5. The Morgan fingerprint density at radius 3 is 2.68 bits per heavy atom. The Kier molecular flexibility index (Phi) is 5.07. The van der Waals surface area contributed by atoms with E-state index in [-0.39, 0.29) is 17.9 Å². The van der Waals surface area contributed by atoms with Crippen LogP contribution in [0.5, 0.6) is 11.5 Å². The number of H-pyrrole nitrogens is 1. The fourth-order valence-electron chi connectivity index (χ4n) is 3.92. The molecule has 1 aliphatic rings. The fraction of sp³-hybridized carbons (Fsp3) is 0.348. The van der Waals surface area contributed by atoms with Crippen molar-refractivity contribution in [3.8, 4) is 17.2 Å². The van der Waals surface area contributed by atoms with E-state index in [4.69, 9.17) is 14.2 Å². The predicted octanol–water partition coefficient (Wildman–Crippen LogP) is 3.61. The number of fused-ring (bicyclic) bond motifs is 2. The predicted molar refractivity (Wildman–Crippen MR) is 117 cm³/mol. The molecule has 3 aromatic heterocycles. The van der Waals surface area contributed by atoms with Crippen LogP contribution in [0, 0.1) is 0 Å². The average molecular weight is 420 g/mol. The van der Waals surface area contributed by atoms with E-state index in [1.54, 1.807) is 23.0 Å². The monoisotopic (exact) mass is 420 g/mol. The highest BCUT2D eigenvalue weighted by Crippen LogP contribution is 2.30. The van der Waals surface area contributed by atoms with Crippen LogP contribution >= 0.6 is 0 Å². The Morgan fingerprint density at radius 1 is 1.10 bits per heavy atom. The molecule has 5 rings (SSSR count). The Balaban J connectivity index is 1.65. The zero-order valence-corrected chi connectivity index (χ0v) is 17.5. The van der Waals surface area contributed by atoms with E-state index < -0.39 is 0 Å². The van der Waals surface area contributed by atoms with Crippen LogP contribution in [0.1, 0.15) is 26.7 Å². The molecule has 1 aromatic carbocycles. The van der Waals surface area contributed by atoms with Crippen LogP contribution in [0.25, 0.3) is 27.8 Å². The average Bonchev–Trinajstić information content (AvgIpc) is 3.11. The molecule has 1 aliphatic heterocycles. The smallest absolute Gasteiger partial charge is 0.332 e. The molecule has 0 atom stereocenters. The van der Waals surface area contributed by atoms with E-state index in [0.29, 0.717) is 35.8 Å². The van der Waals surface area contributed by atoms with Gasteiger partial charge < -0.3 is 14.2 Å². The number of rotatable bonds is 5. The third kappa shape index (κ3) is 3.74. The number of hydrogen-bond acceptors (Lipinski definition) is 6. The molecular formula is C23H24N4O4. The van der Waals surface area contributed by atoms with Gasteiger partial charge in [0, 0.05) is 36.7 Å². The lowest BCUT2D eigenvalue weighted by Gasteiger charge is -2.23. The lowest BCUT2D eigenvalue weighted by Crippen LogP contribution is -2.26. The van der Waals surface area contributed by atoms with Crippen molar-refractivity contribution in [3.05, 3.63) is 53.2 Å². The summed E-state index contributed by atoms with van der Waals surface area (Å²) in [6, 6.07) is 9.32. The maximum absolute atomic E-state index is 12.9. The number of aromatic nitrogens is 4. The molecule has 8 nitrogen and oxygen atoms in total. The van der Waals surface area contributed by atoms with Crippen LogP contribution < -0.4 is 15.2 Å². The summed E-state index contributed by atoms with van der Waals surface area (Å²) >= 11 is 0. The number of benzene rings is 1. The molecule has 4 heterocycles. The van der Waals surface area contributed by atoms with Crippen LogP contribution in [-0.2, 0) is 4.74 Å². The molecule has 160 valence electrons. The van der Waals surface area contributed by atoms with Crippen LogP contribution in [-0.4, -0.2) is 44.9 Å². The molecule has 0 bridgehead atoms. The summed E-state index contributed by atoms with van der Waals surface area (Å²) in [5, 5.41) is 0.839. The van der Waals surface area contributed by atoms with Crippen LogP contribution in [0.2, 0.25) is 0 Å². The topological polar surface area (TPSA) is 91.3 Å². The first kappa shape index (κ1) is 19.6. The summed E-state index contributed by atoms with van der Waals surface area (Å²) < 4.78 is 19.3. The highest BCUT2D eigenvalue weighted by molar-refractivity contribution is 5.88. The minimum atomic E-state index is -0.278. The van der Waals surface area contributed by atoms with Crippen molar-refractivity contribution in [3.63, 3.8) is 0 Å². The number of imidazole rings is 1. The fourth-order valence-corrected chi connectivity index (χ4v) is 3.92. The molecule has 0 saturated carbocycles. The van der Waals surface area contributed by atoms with Gasteiger partial charge in [0.05, 0.1) is 30.5 Å². The number of ether oxygens (including phenoxy) is 3. The first-order valence-corrected chi connectivity index (χ1v) is 10.5. The maximum Gasteiger partial charge on any atom is 0.332 e. The van der Waals surface area contributed by atoms with E-state index in [0.717, 1.165) is 29.5 Å². The van der Waals surface area contributed by atoms with Gasteiger partial charge in [0.15, 0.2) is 5.65 Å². The van der Waals surface area contributed by atoms with Crippen LogP contribution in [0.3, 0.4) is 0 Å². The zero-order chi connectivity index (χ0) is 21.4. The molecular weight excluding hydrogens is 396 g/mol. The van der Waals surface area contributed by atoms with Gasteiger partial charge in [-0.3, -0.25) is 14.5 Å². The van der Waals surface area contributed by atoms with Crippen LogP contribution in [0.15, 0.2) is 47.5 Å². The van der Waals surface area contributed by atoms with Gasteiger partial charge >= 0.3 is 5.69 Å². The molecule has 0 aliphatic carbocycles. The highest BCUT2D eigenvalue weighted by Gasteiger charge is 2.20. The van der Waals surface area contributed by atoms with Crippen molar-refractivity contribution < 1.29 is 14.2 Å². The minimum absolute atomic E-state index is 0.0220.